The first-order valence-corrected chi connectivity index (χ1v) is 12.3. The zero-order valence-corrected chi connectivity index (χ0v) is 24.7. The monoisotopic (exact) mass is 500 g/mol. The van der Waals surface area contributed by atoms with Crippen LogP contribution < -0.4 is 0 Å². The summed E-state index contributed by atoms with van der Waals surface area (Å²) in [4.78, 5) is 39.4. The Labute approximate surface area is 220 Å². The van der Waals surface area contributed by atoms with Crippen LogP contribution in [0.5, 0.6) is 0 Å². The molecule has 0 N–H and O–H groups in total. The van der Waals surface area contributed by atoms with Crippen LogP contribution in [0.2, 0.25) is 0 Å². The highest BCUT2D eigenvalue weighted by Gasteiger charge is 2.28. The number of carbonyl (C=O) groups excluding carboxylic acids is 3. The van der Waals surface area contributed by atoms with Gasteiger partial charge in [0, 0.05) is 23.4 Å². The number of ether oxygens (including phenoxy) is 1. The van der Waals surface area contributed by atoms with Crippen LogP contribution in [-0.2, 0) is 19.1 Å². The number of ketones is 3. The molecule has 0 aliphatic heterocycles. The first kappa shape index (κ1) is 35.6. The molecule has 0 amide bonds. The van der Waals surface area contributed by atoms with Crippen molar-refractivity contribution in [3.05, 3.63) is 35.3 Å². The van der Waals surface area contributed by atoms with Crippen molar-refractivity contribution in [2.45, 2.75) is 75.2 Å². The van der Waals surface area contributed by atoms with Gasteiger partial charge in [-0.3, -0.25) is 14.5 Å². The predicted octanol–water partition coefficient (Wildman–Crippen LogP) is 5.79. The van der Waals surface area contributed by atoms with Crippen molar-refractivity contribution in [1.29, 1.82) is 0 Å². The minimum absolute atomic E-state index is 0.00403. The Bertz CT molecular complexity index is 883. The molecule has 0 radical (unpaired) electrons. The molecular formula is C30H48N2O4. The van der Waals surface area contributed by atoms with Crippen LogP contribution >= 0.6 is 0 Å². The van der Waals surface area contributed by atoms with Gasteiger partial charge in [0.1, 0.15) is 0 Å². The third kappa shape index (κ3) is 18.7. The van der Waals surface area contributed by atoms with Crippen LogP contribution in [0.4, 0.5) is 0 Å². The number of methoxy groups -OCH3 is 1. The van der Waals surface area contributed by atoms with Gasteiger partial charge in [-0.15, -0.1) is 0 Å². The molecule has 0 aromatic carbocycles. The second kappa shape index (κ2) is 16.3. The Hall–Kier alpha value is -2.54. The Balaban J connectivity index is 0. The summed E-state index contributed by atoms with van der Waals surface area (Å²) in [5.74, 6) is 6.04. The van der Waals surface area contributed by atoms with E-state index in [4.69, 9.17) is 11.3 Å². The molecule has 0 spiro atoms. The van der Waals surface area contributed by atoms with Gasteiger partial charge in [-0.2, -0.15) is 0 Å². The van der Waals surface area contributed by atoms with Gasteiger partial charge < -0.3 is 9.53 Å². The normalized spacial score (nSPS) is 13.9. The molecule has 0 atom stereocenters. The minimum Gasteiger partial charge on any atom is -0.381 e. The van der Waals surface area contributed by atoms with E-state index in [2.05, 4.69) is 16.7 Å². The highest BCUT2D eigenvalue weighted by molar-refractivity contribution is 6.00. The maximum Gasteiger partial charge on any atom is 0.226 e. The molecule has 0 aromatic heterocycles. The molecule has 1 fully saturated rings. The summed E-state index contributed by atoms with van der Waals surface area (Å²) < 4.78 is 4.77. The first-order valence-electron chi connectivity index (χ1n) is 12.3. The van der Waals surface area contributed by atoms with Crippen LogP contribution in [0.3, 0.4) is 0 Å². The Morgan fingerprint density at radius 1 is 0.972 bits per heavy atom. The van der Waals surface area contributed by atoms with Crippen molar-refractivity contribution >= 4 is 17.3 Å². The minimum atomic E-state index is -0.425. The lowest BCUT2D eigenvalue weighted by Gasteiger charge is -2.15. The number of hydrogen-bond acceptors (Lipinski definition) is 5. The maximum atomic E-state index is 11.7. The zero-order valence-electron chi connectivity index (χ0n) is 24.7. The molecule has 0 saturated heterocycles. The summed E-state index contributed by atoms with van der Waals surface area (Å²) in [7, 11) is 5.46. The van der Waals surface area contributed by atoms with Gasteiger partial charge in [-0.05, 0) is 44.9 Å². The van der Waals surface area contributed by atoms with E-state index >= 15 is 0 Å². The molecule has 0 aromatic rings. The highest BCUT2D eigenvalue weighted by Crippen LogP contribution is 2.33. The maximum absolute atomic E-state index is 11.7. The lowest BCUT2D eigenvalue weighted by Crippen LogP contribution is -2.20. The summed E-state index contributed by atoms with van der Waals surface area (Å²) in [6.07, 6.45) is 7.41. The fourth-order valence-corrected chi connectivity index (χ4v) is 2.00. The van der Waals surface area contributed by atoms with E-state index in [0.717, 1.165) is 12.8 Å². The third-order valence-electron chi connectivity index (χ3n) is 4.60. The van der Waals surface area contributed by atoms with Crippen LogP contribution in [0, 0.1) is 40.6 Å². The molecule has 0 unspecified atom stereocenters. The third-order valence-corrected chi connectivity index (χ3v) is 4.60. The van der Waals surface area contributed by atoms with Crippen LogP contribution in [-0.4, -0.2) is 56.6 Å². The van der Waals surface area contributed by atoms with Crippen LogP contribution in [0.15, 0.2) is 23.9 Å². The average Bonchev–Trinajstić information content (AvgIpc) is 3.54. The van der Waals surface area contributed by atoms with Crippen molar-refractivity contribution in [3.8, 4) is 11.8 Å². The number of Topliss-reactive ketones (excluding diaryl/α,β-unsaturated/α-hetero) is 2. The van der Waals surface area contributed by atoms with E-state index in [1.807, 2.05) is 87.4 Å². The lowest BCUT2D eigenvalue weighted by atomic mass is 9.88. The van der Waals surface area contributed by atoms with Gasteiger partial charge in [-0.25, -0.2) is 4.85 Å². The summed E-state index contributed by atoms with van der Waals surface area (Å²) in [6.45, 7) is 24.9. The van der Waals surface area contributed by atoms with E-state index in [1.165, 1.54) is 0 Å². The molecular weight excluding hydrogens is 452 g/mol. The van der Waals surface area contributed by atoms with E-state index in [-0.39, 0.29) is 28.2 Å². The van der Waals surface area contributed by atoms with Crippen LogP contribution in [0.25, 0.3) is 4.85 Å². The molecule has 0 heterocycles. The molecule has 1 aliphatic rings. The van der Waals surface area contributed by atoms with Gasteiger partial charge in [0.15, 0.2) is 11.6 Å². The molecule has 6 nitrogen and oxygen atoms in total. The van der Waals surface area contributed by atoms with Gasteiger partial charge in [0.25, 0.3) is 0 Å². The summed E-state index contributed by atoms with van der Waals surface area (Å²) in [6, 6.07) is 0. The Morgan fingerprint density at radius 2 is 1.50 bits per heavy atom. The number of allylic oxidation sites excluding steroid dienone is 3. The van der Waals surface area contributed by atoms with Crippen molar-refractivity contribution in [3.63, 3.8) is 0 Å². The fourth-order valence-electron chi connectivity index (χ4n) is 2.00. The molecule has 36 heavy (non-hydrogen) atoms. The fraction of sp³-hybridized carbons (Fsp3) is 0.667. The second-order valence-electron chi connectivity index (χ2n) is 12.2. The standard InChI is InChI=1S/C11H15NO.C10H17NO.C9H16O2/c1-11(2,3)10(13)9(12-4)7-8-5-6-8;1-10(2,3)9(12)7-6-8-11(4)5;1-9(2,3)8(10)6-5-7-11-4/h7-8H,5-6H2,1-3H3;8H2,1-5H3;5-6H,7H2,1-4H3/b9-7-;;6-5+. The zero-order chi connectivity index (χ0) is 28.7. The highest BCUT2D eigenvalue weighted by atomic mass is 16.5. The van der Waals surface area contributed by atoms with Crippen molar-refractivity contribution in [2.75, 3.05) is 34.4 Å². The van der Waals surface area contributed by atoms with E-state index in [0.29, 0.717) is 24.8 Å². The summed E-state index contributed by atoms with van der Waals surface area (Å²) in [5, 5.41) is 0. The molecule has 0 bridgehead atoms. The van der Waals surface area contributed by atoms with E-state index in [9.17, 15) is 14.4 Å². The van der Waals surface area contributed by atoms with Gasteiger partial charge >= 0.3 is 0 Å². The number of carbonyl (C=O) groups is 3. The molecule has 202 valence electrons. The average molecular weight is 501 g/mol. The second-order valence-corrected chi connectivity index (χ2v) is 12.2. The topological polar surface area (TPSA) is 68.0 Å². The van der Waals surface area contributed by atoms with Crippen LogP contribution in [0.1, 0.15) is 75.2 Å². The summed E-state index contributed by atoms with van der Waals surface area (Å²) in [5.41, 5.74) is -0.704. The van der Waals surface area contributed by atoms with E-state index < -0.39 is 5.41 Å². The molecule has 1 rings (SSSR count). The molecule has 1 saturated carbocycles. The smallest absolute Gasteiger partial charge is 0.226 e. The lowest BCUT2D eigenvalue weighted by molar-refractivity contribution is -0.122. The SMILES string of the molecule is CN(C)CC#CC(=O)C(C)(C)C.COC/C=C/C(=O)C(C)(C)C.[C-]#[N+]/C(=C\C1CC1)C(=O)C(C)(C)C. The number of nitrogens with zero attached hydrogens (tertiary/aromatic N) is 2. The molecule has 1 aliphatic carbocycles. The van der Waals surface area contributed by atoms with Crippen molar-refractivity contribution < 1.29 is 19.1 Å². The Morgan fingerprint density at radius 3 is 1.83 bits per heavy atom. The van der Waals surface area contributed by atoms with Gasteiger partial charge in [0.2, 0.25) is 11.5 Å². The molecule has 6 heteroatoms. The van der Waals surface area contributed by atoms with Gasteiger partial charge in [0.05, 0.1) is 19.7 Å². The van der Waals surface area contributed by atoms with Gasteiger partial charge in [-0.1, -0.05) is 80.4 Å². The van der Waals surface area contributed by atoms with E-state index in [1.54, 1.807) is 19.3 Å². The van der Waals surface area contributed by atoms with Crippen molar-refractivity contribution in [1.82, 2.24) is 4.90 Å². The quantitative estimate of drug-likeness (QED) is 0.200. The summed E-state index contributed by atoms with van der Waals surface area (Å²) >= 11 is 0. The number of rotatable bonds is 6. The first-order chi connectivity index (χ1) is 16.3. The largest absolute Gasteiger partial charge is 0.381 e. The van der Waals surface area contributed by atoms with Crippen molar-refractivity contribution in [2.24, 2.45) is 22.2 Å². The predicted molar refractivity (Wildman–Crippen MR) is 148 cm³/mol. The number of hydrogen-bond donors (Lipinski definition) is 0. The Kier molecular flexibility index (Phi) is 16.1.